The first-order valence-corrected chi connectivity index (χ1v) is 11.7. The third-order valence-corrected chi connectivity index (χ3v) is 6.35. The van der Waals surface area contributed by atoms with Gasteiger partial charge in [0.15, 0.2) is 11.5 Å². The van der Waals surface area contributed by atoms with Crippen molar-refractivity contribution in [3.05, 3.63) is 75.5 Å². The Morgan fingerprint density at radius 3 is 2.68 bits per heavy atom. The lowest BCUT2D eigenvalue weighted by atomic mass is 10.0. The lowest BCUT2D eigenvalue weighted by Gasteiger charge is -2.19. The highest BCUT2D eigenvalue weighted by atomic mass is 35.5. The van der Waals surface area contributed by atoms with Gasteiger partial charge in [-0.05, 0) is 36.4 Å². The van der Waals surface area contributed by atoms with Gasteiger partial charge < -0.3 is 19.1 Å². The molecule has 0 fully saturated rings. The van der Waals surface area contributed by atoms with Crippen LogP contribution in [0.1, 0.15) is 12.5 Å². The maximum absolute atomic E-state index is 14.1. The highest BCUT2D eigenvalue weighted by Gasteiger charge is 2.37. The molecule has 0 spiro atoms. The number of halogens is 2. The Morgan fingerprint density at radius 1 is 1.18 bits per heavy atom. The number of fused-ring (bicyclic) bond motifs is 2. The second kappa shape index (κ2) is 9.36. The summed E-state index contributed by atoms with van der Waals surface area (Å²) in [5, 5.41) is 14.8. The van der Waals surface area contributed by atoms with Crippen LogP contribution in [-0.2, 0) is 11.3 Å². The molecule has 3 aromatic carbocycles. The molecule has 0 saturated carbocycles. The molecule has 1 atom stereocenters. The van der Waals surface area contributed by atoms with Gasteiger partial charge in [-0.2, -0.15) is 14.8 Å². The normalized spacial score (nSPS) is 15.8. The van der Waals surface area contributed by atoms with Crippen LogP contribution < -0.4 is 24.7 Å². The van der Waals surface area contributed by atoms with Crippen molar-refractivity contribution < 1.29 is 23.4 Å². The molecular weight excluding hydrogens is 515 g/mol. The highest BCUT2D eigenvalue weighted by Crippen LogP contribution is 2.42. The summed E-state index contributed by atoms with van der Waals surface area (Å²) >= 11 is 6.35. The summed E-state index contributed by atoms with van der Waals surface area (Å²) in [6, 6.07) is 14.1. The van der Waals surface area contributed by atoms with Crippen LogP contribution in [0, 0.1) is 11.3 Å². The summed E-state index contributed by atoms with van der Waals surface area (Å²) in [6.45, 7) is 0.724. The lowest BCUT2D eigenvalue weighted by Crippen LogP contribution is -2.35. The fourth-order valence-electron chi connectivity index (χ4n) is 4.16. The number of benzene rings is 3. The summed E-state index contributed by atoms with van der Waals surface area (Å²) in [4.78, 5) is 28.0. The Labute approximate surface area is 221 Å². The van der Waals surface area contributed by atoms with Crippen LogP contribution in [0.15, 0.2) is 59.4 Å². The van der Waals surface area contributed by atoms with Gasteiger partial charge in [-0.3, -0.25) is 9.59 Å². The minimum atomic E-state index is -2.30. The van der Waals surface area contributed by atoms with Crippen molar-refractivity contribution in [1.82, 2.24) is 9.78 Å². The second-order valence-corrected chi connectivity index (χ2v) is 9.07. The van der Waals surface area contributed by atoms with Gasteiger partial charge in [0.25, 0.3) is 5.56 Å². The SMILES string of the molecule is COc1cc2c(=O)n(CC(=O)N(C)c3ccc4c(c3)O[C@](C)(F)O4)nc(-c3cccc(C#N)c3)c2cc1Cl. The van der Waals surface area contributed by atoms with Gasteiger partial charge in [-0.25, -0.2) is 4.68 Å². The molecular formula is C27H20ClFN4O5. The quantitative estimate of drug-likeness (QED) is 0.366. The van der Waals surface area contributed by atoms with Crippen molar-refractivity contribution in [3.63, 3.8) is 0 Å². The van der Waals surface area contributed by atoms with E-state index in [9.17, 15) is 19.2 Å². The van der Waals surface area contributed by atoms with Crippen LogP contribution in [0.4, 0.5) is 10.1 Å². The Bertz CT molecular complexity index is 1710. The van der Waals surface area contributed by atoms with E-state index in [1.165, 1.54) is 37.3 Å². The third-order valence-electron chi connectivity index (χ3n) is 6.06. The van der Waals surface area contributed by atoms with E-state index in [-0.39, 0.29) is 27.7 Å². The van der Waals surface area contributed by atoms with Gasteiger partial charge in [0.2, 0.25) is 5.91 Å². The number of carbonyl (C=O) groups is 1. The molecule has 192 valence electrons. The highest BCUT2D eigenvalue weighted by molar-refractivity contribution is 6.33. The summed E-state index contributed by atoms with van der Waals surface area (Å²) in [5.41, 5.74) is 1.20. The Kier molecular flexibility index (Phi) is 6.17. The molecule has 2 heterocycles. The van der Waals surface area contributed by atoms with E-state index in [1.807, 2.05) is 0 Å². The number of hydrogen-bond donors (Lipinski definition) is 0. The smallest absolute Gasteiger partial charge is 0.404 e. The van der Waals surface area contributed by atoms with E-state index in [4.69, 9.17) is 25.8 Å². The first-order chi connectivity index (χ1) is 18.1. The van der Waals surface area contributed by atoms with Gasteiger partial charge in [0.05, 0.1) is 34.8 Å². The van der Waals surface area contributed by atoms with Gasteiger partial charge in [-0.15, -0.1) is 0 Å². The molecule has 1 aliphatic rings. The monoisotopic (exact) mass is 534 g/mol. The second-order valence-electron chi connectivity index (χ2n) is 8.66. The number of amides is 1. The first-order valence-electron chi connectivity index (χ1n) is 11.4. The molecule has 1 aromatic heterocycles. The topological polar surface area (TPSA) is 107 Å². The first kappa shape index (κ1) is 25.0. The molecule has 4 aromatic rings. The molecule has 11 heteroatoms. The van der Waals surface area contributed by atoms with Crippen molar-refractivity contribution in [2.75, 3.05) is 19.1 Å². The Balaban J connectivity index is 1.57. The number of nitriles is 1. The molecule has 1 amide bonds. The fourth-order valence-corrected chi connectivity index (χ4v) is 4.40. The number of ether oxygens (including phenoxy) is 3. The average Bonchev–Trinajstić information content (AvgIpc) is 3.22. The summed E-state index contributed by atoms with van der Waals surface area (Å²) < 4.78 is 30.6. The maximum Gasteiger partial charge on any atom is 0.404 e. The minimum Gasteiger partial charge on any atom is -0.495 e. The van der Waals surface area contributed by atoms with Crippen molar-refractivity contribution in [1.29, 1.82) is 5.26 Å². The number of methoxy groups -OCH3 is 1. The number of nitrogens with zero attached hydrogens (tertiary/aromatic N) is 4. The van der Waals surface area contributed by atoms with Gasteiger partial charge in [-0.1, -0.05) is 23.7 Å². The number of aromatic nitrogens is 2. The van der Waals surface area contributed by atoms with Gasteiger partial charge >= 0.3 is 6.04 Å². The van der Waals surface area contributed by atoms with E-state index >= 15 is 0 Å². The Hall–Kier alpha value is -4.62. The van der Waals surface area contributed by atoms with E-state index < -0.39 is 24.1 Å². The van der Waals surface area contributed by atoms with Crippen molar-refractivity contribution in [2.24, 2.45) is 0 Å². The van der Waals surface area contributed by atoms with Crippen LogP contribution in [0.25, 0.3) is 22.0 Å². The van der Waals surface area contributed by atoms with Crippen LogP contribution >= 0.6 is 11.6 Å². The fraction of sp³-hybridized carbons (Fsp3) is 0.185. The van der Waals surface area contributed by atoms with Crippen LogP contribution in [0.3, 0.4) is 0 Å². The van der Waals surface area contributed by atoms with Crippen molar-refractivity contribution >= 4 is 34.0 Å². The summed E-state index contributed by atoms with van der Waals surface area (Å²) in [6.07, 6.45) is 0. The molecule has 1 aliphatic heterocycles. The molecule has 9 nitrogen and oxygen atoms in total. The zero-order chi connectivity index (χ0) is 27.2. The number of alkyl halides is 1. The minimum absolute atomic E-state index is 0.150. The summed E-state index contributed by atoms with van der Waals surface area (Å²) in [7, 11) is 2.94. The molecule has 0 aliphatic carbocycles. The molecule has 0 bridgehead atoms. The predicted octanol–water partition coefficient (Wildman–Crippen LogP) is 4.67. The van der Waals surface area contributed by atoms with Crippen molar-refractivity contribution in [2.45, 2.75) is 19.5 Å². The molecule has 5 rings (SSSR count). The van der Waals surface area contributed by atoms with Gasteiger partial charge in [0, 0.05) is 36.7 Å². The number of hydrogen-bond acceptors (Lipinski definition) is 7. The number of anilines is 1. The number of carbonyl (C=O) groups excluding carboxylic acids is 1. The molecule has 0 unspecified atom stereocenters. The van der Waals surface area contributed by atoms with Crippen LogP contribution in [-0.4, -0.2) is 35.9 Å². The van der Waals surface area contributed by atoms with Crippen LogP contribution in [0.2, 0.25) is 5.02 Å². The molecule has 38 heavy (non-hydrogen) atoms. The third kappa shape index (κ3) is 4.48. The summed E-state index contributed by atoms with van der Waals surface area (Å²) in [5.74, 6) is 0.175. The zero-order valence-corrected chi connectivity index (χ0v) is 21.2. The number of rotatable bonds is 5. The van der Waals surface area contributed by atoms with E-state index in [2.05, 4.69) is 11.2 Å². The van der Waals surface area contributed by atoms with Gasteiger partial charge in [0.1, 0.15) is 12.3 Å². The van der Waals surface area contributed by atoms with Crippen molar-refractivity contribution in [3.8, 4) is 34.6 Å². The van der Waals surface area contributed by atoms with E-state index in [0.29, 0.717) is 27.9 Å². The Morgan fingerprint density at radius 2 is 1.95 bits per heavy atom. The molecule has 0 N–H and O–H groups in total. The standard InChI is InChI=1S/C27H20ClFN4O5/c1-27(29)37-21-8-7-17(10-23(21)38-27)32(2)24(34)14-33-26(35)19-12-22(36-3)20(28)11-18(19)25(31-33)16-6-4-5-15(9-16)13-30/h4-12H,14H2,1-3H3/t27-/m1/s1. The lowest BCUT2D eigenvalue weighted by molar-refractivity contribution is -0.173. The molecule has 0 saturated heterocycles. The number of likely N-dealkylation sites (N-methyl/N-ethyl adjacent to an activating group) is 1. The maximum atomic E-state index is 14.1. The van der Waals surface area contributed by atoms with E-state index in [1.54, 1.807) is 36.4 Å². The molecule has 0 radical (unpaired) electrons. The van der Waals surface area contributed by atoms with Crippen LogP contribution in [0.5, 0.6) is 17.2 Å². The van der Waals surface area contributed by atoms with E-state index in [0.717, 1.165) is 11.6 Å². The largest absolute Gasteiger partial charge is 0.495 e. The zero-order valence-electron chi connectivity index (χ0n) is 20.5. The predicted molar refractivity (Wildman–Crippen MR) is 138 cm³/mol. The average molecular weight is 535 g/mol.